The Morgan fingerprint density at radius 3 is 2.75 bits per heavy atom. The predicted octanol–water partition coefficient (Wildman–Crippen LogP) is 0.111. The smallest absolute Gasteiger partial charge is 0.287 e. The number of hydrogen-bond acceptors (Lipinski definition) is 4. The van der Waals surface area contributed by atoms with Crippen LogP contribution in [0.5, 0.6) is 0 Å². The Labute approximate surface area is 69.9 Å². The van der Waals surface area contributed by atoms with Crippen molar-refractivity contribution in [3.63, 3.8) is 0 Å². The Bertz CT molecular complexity index is 278. The number of nitro groups is 1. The highest BCUT2D eigenvalue weighted by Crippen LogP contribution is 2.21. The van der Waals surface area contributed by atoms with E-state index in [0.717, 1.165) is 0 Å². The highest BCUT2D eigenvalue weighted by molar-refractivity contribution is 5.28. The number of allylic oxidation sites excluding steroid dienone is 1. The average Bonchev–Trinajstić information content (AvgIpc) is 1.83. The summed E-state index contributed by atoms with van der Waals surface area (Å²) in [6.45, 7) is 1.77. The molecular formula is C7H11N3O2. The molecular weight excluding hydrogens is 158 g/mol. The summed E-state index contributed by atoms with van der Waals surface area (Å²) < 4.78 is 0. The van der Waals surface area contributed by atoms with Crippen LogP contribution in [0.4, 0.5) is 0 Å². The lowest BCUT2D eigenvalue weighted by molar-refractivity contribution is -0.420. The minimum absolute atomic E-state index is 0.0436. The van der Waals surface area contributed by atoms with Crippen LogP contribution in [0.1, 0.15) is 13.3 Å². The van der Waals surface area contributed by atoms with Crippen LogP contribution >= 0.6 is 0 Å². The maximum Gasteiger partial charge on any atom is 0.287 e. The van der Waals surface area contributed by atoms with Crippen LogP contribution in [-0.4, -0.2) is 10.5 Å². The van der Waals surface area contributed by atoms with Gasteiger partial charge in [0.15, 0.2) is 0 Å². The lowest BCUT2D eigenvalue weighted by Crippen LogP contribution is -2.37. The Kier molecular flexibility index (Phi) is 1.89. The number of hydrogen-bond donors (Lipinski definition) is 2. The molecule has 0 heterocycles. The van der Waals surface area contributed by atoms with E-state index in [4.69, 9.17) is 11.5 Å². The van der Waals surface area contributed by atoms with Gasteiger partial charge < -0.3 is 11.5 Å². The molecule has 5 heteroatoms. The van der Waals surface area contributed by atoms with E-state index in [-0.39, 0.29) is 11.4 Å². The zero-order valence-electron chi connectivity index (χ0n) is 6.78. The summed E-state index contributed by atoms with van der Waals surface area (Å²) in [4.78, 5) is 9.85. The number of rotatable bonds is 1. The molecule has 0 aliphatic heterocycles. The summed E-state index contributed by atoms with van der Waals surface area (Å²) in [6.07, 6.45) is 3.29. The van der Waals surface area contributed by atoms with Gasteiger partial charge in [0, 0.05) is 18.0 Å². The van der Waals surface area contributed by atoms with Crippen molar-refractivity contribution in [1.29, 1.82) is 0 Å². The highest BCUT2D eigenvalue weighted by atomic mass is 16.6. The summed E-state index contributed by atoms with van der Waals surface area (Å²) in [6, 6.07) is 0. The third kappa shape index (κ3) is 1.62. The Morgan fingerprint density at radius 1 is 1.75 bits per heavy atom. The first-order valence-corrected chi connectivity index (χ1v) is 3.53. The largest absolute Gasteiger partial charge is 0.396 e. The maximum absolute atomic E-state index is 10.4. The summed E-state index contributed by atoms with van der Waals surface area (Å²) >= 11 is 0. The van der Waals surface area contributed by atoms with Gasteiger partial charge in [-0.15, -0.1) is 0 Å². The van der Waals surface area contributed by atoms with Gasteiger partial charge in [-0.3, -0.25) is 10.1 Å². The van der Waals surface area contributed by atoms with Crippen LogP contribution in [0, 0.1) is 10.1 Å². The van der Waals surface area contributed by atoms with E-state index in [1.807, 2.05) is 0 Å². The Morgan fingerprint density at radius 2 is 2.33 bits per heavy atom. The van der Waals surface area contributed by atoms with Crippen LogP contribution in [0.15, 0.2) is 23.5 Å². The fourth-order valence-electron chi connectivity index (χ4n) is 1.11. The lowest BCUT2D eigenvalue weighted by atomic mass is 9.92. The van der Waals surface area contributed by atoms with Crippen LogP contribution in [0.2, 0.25) is 0 Å². The molecule has 1 unspecified atom stereocenters. The molecule has 12 heavy (non-hydrogen) atoms. The molecule has 5 nitrogen and oxygen atoms in total. The first kappa shape index (κ1) is 8.73. The Balaban J connectivity index is 2.95. The van der Waals surface area contributed by atoms with Crippen LogP contribution in [0.3, 0.4) is 0 Å². The molecule has 1 rings (SSSR count). The van der Waals surface area contributed by atoms with Gasteiger partial charge in [-0.2, -0.15) is 0 Å². The van der Waals surface area contributed by atoms with E-state index in [1.165, 1.54) is 6.08 Å². The second-order valence-corrected chi connectivity index (χ2v) is 3.18. The fraction of sp³-hybridized carbons (Fsp3) is 0.429. The zero-order chi connectivity index (χ0) is 9.35. The van der Waals surface area contributed by atoms with Crippen LogP contribution in [-0.2, 0) is 0 Å². The summed E-state index contributed by atoms with van der Waals surface area (Å²) in [7, 11) is 0. The third-order valence-electron chi connectivity index (χ3n) is 1.72. The SMILES string of the molecule is CC1(N)C=CC([N+](=O)[O-])=C(N)C1. The van der Waals surface area contributed by atoms with Crippen LogP contribution < -0.4 is 11.5 Å². The molecule has 0 spiro atoms. The van der Waals surface area contributed by atoms with Gasteiger partial charge in [0.05, 0.1) is 10.6 Å². The molecule has 0 aromatic rings. The Hall–Kier alpha value is -1.36. The van der Waals surface area contributed by atoms with Gasteiger partial charge >= 0.3 is 0 Å². The average molecular weight is 169 g/mol. The second kappa shape index (κ2) is 2.60. The van der Waals surface area contributed by atoms with Gasteiger partial charge in [0.1, 0.15) is 0 Å². The topological polar surface area (TPSA) is 95.2 Å². The standard InChI is InChI=1S/C7H11N3O2/c1-7(9)3-2-6(10(11)12)5(8)4-7/h2-3H,4,8-9H2,1H3. The first-order chi connectivity index (χ1) is 5.42. The predicted molar refractivity (Wildman–Crippen MR) is 44.6 cm³/mol. The van der Waals surface area contributed by atoms with E-state index >= 15 is 0 Å². The molecule has 1 aliphatic rings. The highest BCUT2D eigenvalue weighted by Gasteiger charge is 2.26. The van der Waals surface area contributed by atoms with E-state index in [0.29, 0.717) is 6.42 Å². The monoisotopic (exact) mass is 169 g/mol. The molecule has 0 bridgehead atoms. The quantitative estimate of drug-likeness (QED) is 0.430. The molecule has 0 amide bonds. The van der Waals surface area contributed by atoms with Crippen LogP contribution in [0.25, 0.3) is 0 Å². The van der Waals surface area contributed by atoms with Crippen molar-refractivity contribution >= 4 is 0 Å². The van der Waals surface area contributed by atoms with Gasteiger partial charge in [0.2, 0.25) is 0 Å². The molecule has 1 atom stereocenters. The third-order valence-corrected chi connectivity index (χ3v) is 1.72. The van der Waals surface area contributed by atoms with E-state index in [2.05, 4.69) is 0 Å². The van der Waals surface area contributed by atoms with Gasteiger partial charge in [-0.05, 0) is 6.92 Å². The molecule has 0 radical (unpaired) electrons. The molecule has 0 aromatic heterocycles. The molecule has 0 aromatic carbocycles. The maximum atomic E-state index is 10.4. The van der Waals surface area contributed by atoms with Crippen molar-refractivity contribution in [2.24, 2.45) is 11.5 Å². The summed E-state index contributed by atoms with van der Waals surface area (Å²) in [5.74, 6) is 0. The van der Waals surface area contributed by atoms with E-state index < -0.39 is 10.5 Å². The van der Waals surface area contributed by atoms with Crippen molar-refractivity contribution in [3.05, 3.63) is 33.7 Å². The first-order valence-electron chi connectivity index (χ1n) is 3.53. The molecule has 4 N–H and O–H groups in total. The minimum atomic E-state index is -0.552. The van der Waals surface area contributed by atoms with E-state index in [9.17, 15) is 10.1 Å². The van der Waals surface area contributed by atoms with Gasteiger partial charge in [-0.25, -0.2) is 0 Å². The normalized spacial score (nSPS) is 29.2. The number of nitrogens with two attached hydrogens (primary N) is 2. The summed E-state index contributed by atoms with van der Waals surface area (Å²) in [5, 5.41) is 10.4. The van der Waals surface area contributed by atoms with Crippen molar-refractivity contribution < 1.29 is 4.92 Å². The molecule has 66 valence electrons. The molecule has 1 aliphatic carbocycles. The lowest BCUT2D eigenvalue weighted by Gasteiger charge is -2.22. The van der Waals surface area contributed by atoms with E-state index in [1.54, 1.807) is 13.0 Å². The minimum Gasteiger partial charge on any atom is -0.396 e. The number of nitrogens with zero attached hydrogens (tertiary/aromatic N) is 1. The van der Waals surface area contributed by atoms with Gasteiger partial charge in [0.25, 0.3) is 5.70 Å². The molecule has 0 fully saturated rings. The van der Waals surface area contributed by atoms with Crippen molar-refractivity contribution in [2.75, 3.05) is 0 Å². The fourth-order valence-corrected chi connectivity index (χ4v) is 1.11. The van der Waals surface area contributed by atoms with Crippen molar-refractivity contribution in [3.8, 4) is 0 Å². The second-order valence-electron chi connectivity index (χ2n) is 3.18. The van der Waals surface area contributed by atoms with Crippen molar-refractivity contribution in [1.82, 2.24) is 0 Å². The molecule has 0 saturated heterocycles. The molecule has 0 saturated carbocycles. The van der Waals surface area contributed by atoms with Crippen molar-refractivity contribution in [2.45, 2.75) is 18.9 Å². The summed E-state index contributed by atoms with van der Waals surface area (Å²) in [5.41, 5.74) is 10.8. The zero-order valence-corrected chi connectivity index (χ0v) is 6.78. The van der Waals surface area contributed by atoms with Gasteiger partial charge in [-0.1, -0.05) is 6.08 Å².